The third-order valence-electron chi connectivity index (χ3n) is 11.1. The average Bonchev–Trinajstić information content (AvgIpc) is 3.68. The molecule has 4 heterocycles. The van der Waals surface area contributed by atoms with Gasteiger partial charge in [-0.2, -0.15) is 0 Å². The number of carbonyl (C=O) groups excluding carboxylic acids is 2. The quantitative estimate of drug-likeness (QED) is 0.203. The SMILES string of the molecule is C#C.COc1cc2c(cc1OCCC(C)(C)CCC(C)(C)COc1cc3c(cc1OC)C(=O)N1C=C(C)CC1C=N3)N(C)C(C)C1CC(C)=CN1C2=O. The Morgan fingerprint density at radius 2 is 1.36 bits per heavy atom. The molecule has 284 valence electrons. The maximum Gasteiger partial charge on any atom is 0.260 e. The highest BCUT2D eigenvalue weighted by Crippen LogP contribution is 2.43. The Morgan fingerprint density at radius 1 is 0.774 bits per heavy atom. The Balaban J connectivity index is 0.00000266. The van der Waals surface area contributed by atoms with Crippen LogP contribution < -0.4 is 23.8 Å². The second kappa shape index (κ2) is 15.6. The molecule has 53 heavy (non-hydrogen) atoms. The fraction of sp³-hybridized carbons (Fsp3) is 0.512. The summed E-state index contributed by atoms with van der Waals surface area (Å²) in [7, 11) is 5.27. The zero-order valence-corrected chi connectivity index (χ0v) is 33.1. The Kier molecular flexibility index (Phi) is 11.6. The maximum absolute atomic E-state index is 13.6. The van der Waals surface area contributed by atoms with Crippen molar-refractivity contribution < 1.29 is 28.5 Å². The van der Waals surface area contributed by atoms with E-state index in [1.807, 2.05) is 48.6 Å². The van der Waals surface area contributed by atoms with E-state index in [1.54, 1.807) is 25.2 Å². The second-order valence-electron chi connectivity index (χ2n) is 16.3. The molecule has 0 saturated heterocycles. The monoisotopic (exact) mass is 724 g/mol. The third kappa shape index (κ3) is 8.19. The predicted octanol–water partition coefficient (Wildman–Crippen LogP) is 8.42. The zero-order chi connectivity index (χ0) is 38.8. The lowest BCUT2D eigenvalue weighted by molar-refractivity contribution is 0.0779. The number of methoxy groups -OCH3 is 2. The molecule has 10 nitrogen and oxygen atoms in total. The van der Waals surface area contributed by atoms with Crippen molar-refractivity contribution in [3.8, 4) is 35.8 Å². The maximum atomic E-state index is 13.6. The molecule has 0 bridgehead atoms. The molecule has 0 saturated carbocycles. The van der Waals surface area contributed by atoms with E-state index in [-0.39, 0.29) is 40.8 Å². The first-order valence-electron chi connectivity index (χ1n) is 18.4. The number of nitrogens with zero attached hydrogens (tertiary/aromatic N) is 4. The second-order valence-corrected chi connectivity index (χ2v) is 16.3. The Hall–Kier alpha value is -4.91. The number of ether oxygens (including phenoxy) is 4. The van der Waals surface area contributed by atoms with E-state index in [9.17, 15) is 9.59 Å². The van der Waals surface area contributed by atoms with E-state index in [1.165, 1.54) is 5.57 Å². The van der Waals surface area contributed by atoms with Gasteiger partial charge in [0, 0.05) is 43.8 Å². The molecule has 0 fully saturated rings. The van der Waals surface area contributed by atoms with E-state index < -0.39 is 0 Å². The van der Waals surface area contributed by atoms with Crippen LogP contribution in [0.4, 0.5) is 11.4 Å². The van der Waals surface area contributed by atoms with Gasteiger partial charge in [-0.25, -0.2) is 0 Å². The van der Waals surface area contributed by atoms with E-state index in [0.29, 0.717) is 53.0 Å². The first kappa shape index (κ1) is 39.3. The molecule has 0 radical (unpaired) electrons. The lowest BCUT2D eigenvalue weighted by Gasteiger charge is -2.32. The molecule has 10 heteroatoms. The van der Waals surface area contributed by atoms with Crippen molar-refractivity contribution in [2.24, 2.45) is 15.8 Å². The summed E-state index contributed by atoms with van der Waals surface area (Å²) in [4.78, 5) is 37.5. The van der Waals surface area contributed by atoms with Gasteiger partial charge in [0.05, 0.1) is 62.0 Å². The molecule has 3 unspecified atom stereocenters. The third-order valence-corrected chi connectivity index (χ3v) is 11.1. The largest absolute Gasteiger partial charge is 0.493 e. The molecule has 0 aromatic heterocycles. The van der Waals surface area contributed by atoms with Crippen molar-refractivity contribution in [1.29, 1.82) is 0 Å². The van der Waals surface area contributed by atoms with Crippen LogP contribution in [0.1, 0.15) is 101 Å². The van der Waals surface area contributed by atoms with Gasteiger partial charge in [0.1, 0.15) is 0 Å². The van der Waals surface area contributed by atoms with Crippen molar-refractivity contribution in [3.63, 3.8) is 0 Å². The fourth-order valence-electron chi connectivity index (χ4n) is 7.46. The standard InChI is InChI=1S/C41H54N4O6.C2H2/c1-25-15-28-21-42-31-19-36(34(48-9)17-29(31)38(46)44(28)22-25)51-24-41(6,7)12-11-40(4,5)13-14-50-37-20-33-30(18-35(37)49-10)39(47)45-23-26(2)16-32(45)27(3)43(33)8;1-2/h17-23,27-28,32H,11-16,24H2,1-10H3;1-2H. The van der Waals surface area contributed by atoms with Gasteiger partial charge >= 0.3 is 0 Å². The van der Waals surface area contributed by atoms with Crippen LogP contribution in [0.25, 0.3) is 0 Å². The summed E-state index contributed by atoms with van der Waals surface area (Å²) in [6, 6.07) is 7.56. The summed E-state index contributed by atoms with van der Waals surface area (Å²) in [6.07, 6.45) is 18.2. The molecule has 0 spiro atoms. The van der Waals surface area contributed by atoms with Crippen molar-refractivity contribution in [2.45, 2.75) is 98.7 Å². The van der Waals surface area contributed by atoms with Crippen LogP contribution in [0.5, 0.6) is 23.0 Å². The number of likely N-dealkylation sites (N-methyl/N-ethyl adjacent to an activating group) is 1. The summed E-state index contributed by atoms with van der Waals surface area (Å²) in [5, 5.41) is 0. The molecule has 2 amide bonds. The molecule has 0 aliphatic carbocycles. The van der Waals surface area contributed by atoms with Gasteiger partial charge in [0.15, 0.2) is 23.0 Å². The highest BCUT2D eigenvalue weighted by Gasteiger charge is 2.40. The first-order chi connectivity index (χ1) is 25.1. The first-order valence-corrected chi connectivity index (χ1v) is 18.4. The van der Waals surface area contributed by atoms with Gasteiger partial charge in [0.2, 0.25) is 0 Å². The van der Waals surface area contributed by atoms with E-state index in [2.05, 4.69) is 71.3 Å². The number of rotatable bonds is 12. The molecule has 4 aliphatic rings. The highest BCUT2D eigenvalue weighted by molar-refractivity contribution is 6.04. The van der Waals surface area contributed by atoms with Crippen LogP contribution in [-0.2, 0) is 0 Å². The summed E-state index contributed by atoms with van der Waals surface area (Å²) in [5.41, 5.74) is 4.86. The van der Waals surface area contributed by atoms with Crippen LogP contribution in [-0.4, -0.2) is 80.4 Å². The summed E-state index contributed by atoms with van der Waals surface area (Å²) in [6.45, 7) is 16.2. The number of anilines is 1. The molecule has 2 aromatic rings. The summed E-state index contributed by atoms with van der Waals surface area (Å²) < 4.78 is 24.2. The molecule has 6 rings (SSSR count). The molecule has 3 atom stereocenters. The summed E-state index contributed by atoms with van der Waals surface area (Å²) >= 11 is 0. The van der Waals surface area contributed by atoms with Gasteiger partial charge in [-0.1, -0.05) is 38.8 Å². The van der Waals surface area contributed by atoms with Gasteiger partial charge in [0.25, 0.3) is 11.8 Å². The fourth-order valence-corrected chi connectivity index (χ4v) is 7.46. The van der Waals surface area contributed by atoms with Crippen molar-refractivity contribution in [2.75, 3.05) is 39.4 Å². The topological polar surface area (TPSA) is 93.1 Å². The molecular weight excluding hydrogens is 668 g/mol. The predicted molar refractivity (Wildman–Crippen MR) is 211 cm³/mol. The normalized spacial score (nSPS) is 20.5. The van der Waals surface area contributed by atoms with Gasteiger partial charge in [-0.15, -0.1) is 12.8 Å². The number of fused-ring (bicyclic) bond motifs is 4. The number of carbonyl (C=O) groups is 2. The van der Waals surface area contributed by atoms with E-state index in [0.717, 1.165) is 43.4 Å². The minimum atomic E-state index is -0.129. The Morgan fingerprint density at radius 3 is 2.04 bits per heavy atom. The number of amides is 2. The van der Waals surface area contributed by atoms with Crippen LogP contribution in [0, 0.1) is 23.7 Å². The summed E-state index contributed by atoms with van der Waals surface area (Å²) in [5.74, 6) is 2.24. The van der Waals surface area contributed by atoms with Crippen LogP contribution in [0.3, 0.4) is 0 Å². The van der Waals surface area contributed by atoms with E-state index >= 15 is 0 Å². The van der Waals surface area contributed by atoms with Gasteiger partial charge < -0.3 is 33.6 Å². The van der Waals surface area contributed by atoms with Crippen LogP contribution in [0.2, 0.25) is 0 Å². The zero-order valence-electron chi connectivity index (χ0n) is 33.1. The highest BCUT2D eigenvalue weighted by atomic mass is 16.5. The van der Waals surface area contributed by atoms with E-state index in [4.69, 9.17) is 18.9 Å². The Labute approximate surface area is 315 Å². The lowest BCUT2D eigenvalue weighted by Crippen LogP contribution is -2.44. The molecule has 2 aromatic carbocycles. The molecule has 4 aliphatic heterocycles. The molecule has 0 N–H and O–H groups in total. The average molecular weight is 725 g/mol. The number of hydrogen-bond acceptors (Lipinski definition) is 8. The number of hydrogen-bond donors (Lipinski definition) is 0. The lowest BCUT2D eigenvalue weighted by atomic mass is 9.78. The number of terminal acetylenes is 1. The van der Waals surface area contributed by atoms with Crippen molar-refractivity contribution in [1.82, 2.24) is 9.80 Å². The van der Waals surface area contributed by atoms with Gasteiger partial charge in [-0.05, 0) is 75.8 Å². The van der Waals surface area contributed by atoms with Crippen LogP contribution in [0.15, 0.2) is 52.8 Å². The Bertz CT molecular complexity index is 1840. The smallest absolute Gasteiger partial charge is 0.260 e. The van der Waals surface area contributed by atoms with Crippen molar-refractivity contribution >= 4 is 29.4 Å². The molecular formula is C43H56N4O6. The van der Waals surface area contributed by atoms with Crippen LogP contribution >= 0.6 is 0 Å². The minimum Gasteiger partial charge on any atom is -0.493 e. The number of aliphatic imine (C=N–C) groups is 1. The van der Waals surface area contributed by atoms with Gasteiger partial charge in [-0.3, -0.25) is 14.6 Å². The minimum absolute atomic E-state index is 0.00207. The van der Waals surface area contributed by atoms with Crippen molar-refractivity contribution in [3.05, 3.63) is 58.9 Å². The number of benzene rings is 2.